The van der Waals surface area contributed by atoms with E-state index in [-0.39, 0.29) is 6.92 Å². The average Bonchev–Trinajstić information content (AvgIpc) is 2.55. The lowest BCUT2D eigenvalue weighted by molar-refractivity contribution is -0.203. The van der Waals surface area contributed by atoms with Crippen LogP contribution >= 0.6 is 0 Å². The van der Waals surface area contributed by atoms with Crippen molar-refractivity contribution in [3.63, 3.8) is 0 Å². The van der Waals surface area contributed by atoms with Crippen LogP contribution in [0.25, 0.3) is 0 Å². The van der Waals surface area contributed by atoms with Crippen LogP contribution < -0.4 is 10.6 Å². The third-order valence-corrected chi connectivity index (χ3v) is 3.05. The Kier molecular flexibility index (Phi) is 4.16. The zero-order chi connectivity index (χ0) is 16.6. The first kappa shape index (κ1) is 16.7. The summed E-state index contributed by atoms with van der Waals surface area (Å²) in [6, 6.07) is -2.84. The normalized spacial score (nSPS) is 22.0. The predicted octanol–water partition coefficient (Wildman–Crippen LogP) is -0.551. The van der Waals surface area contributed by atoms with Gasteiger partial charge in [0.1, 0.15) is 6.04 Å². The molecule has 0 aromatic carbocycles. The molecule has 2 unspecified atom stereocenters. The fraction of sp³-hybridized carbons (Fsp3) is 0.600. The van der Waals surface area contributed by atoms with Gasteiger partial charge < -0.3 is 15.7 Å². The second kappa shape index (κ2) is 5.22. The highest BCUT2D eigenvalue weighted by molar-refractivity contribution is 6.06. The summed E-state index contributed by atoms with van der Waals surface area (Å²) in [4.78, 5) is 45.5. The molecule has 3 N–H and O–H groups in total. The molecular weight excluding hydrogens is 299 g/mol. The molecule has 0 saturated carbocycles. The number of likely N-dealkylation sites (tertiary alicyclic amines) is 1. The van der Waals surface area contributed by atoms with Gasteiger partial charge >= 0.3 is 18.2 Å². The molecule has 0 bridgehead atoms. The molecule has 11 heteroatoms. The van der Waals surface area contributed by atoms with Crippen LogP contribution in [0.3, 0.4) is 0 Å². The maximum absolute atomic E-state index is 12.7. The Labute approximate surface area is 116 Å². The summed E-state index contributed by atoms with van der Waals surface area (Å²) >= 11 is 0. The van der Waals surface area contributed by atoms with Gasteiger partial charge in [0.2, 0.25) is 11.4 Å². The zero-order valence-corrected chi connectivity index (χ0v) is 10.9. The van der Waals surface area contributed by atoms with Crippen molar-refractivity contribution < 1.29 is 37.5 Å². The SMILES string of the molecule is CN1C(=O)CC(NC(=O)NC(C)(C(=O)O)C(F)(F)F)C1=O. The zero-order valence-electron chi connectivity index (χ0n) is 10.9. The topological polar surface area (TPSA) is 116 Å². The van der Waals surface area contributed by atoms with Crippen LogP contribution in [-0.4, -0.2) is 58.6 Å². The number of likely N-dealkylation sites (N-methyl/N-ethyl adjacent to an activating group) is 1. The minimum Gasteiger partial charge on any atom is -0.479 e. The van der Waals surface area contributed by atoms with E-state index in [0.717, 1.165) is 7.05 Å². The lowest BCUT2D eigenvalue weighted by Gasteiger charge is -2.28. The van der Waals surface area contributed by atoms with E-state index < -0.39 is 48.0 Å². The molecule has 1 saturated heterocycles. The first-order chi connectivity index (χ1) is 9.40. The molecule has 1 fully saturated rings. The van der Waals surface area contributed by atoms with Crippen LogP contribution in [0.15, 0.2) is 0 Å². The number of imide groups is 1. The number of nitrogens with one attached hydrogen (secondary N) is 2. The highest BCUT2D eigenvalue weighted by Crippen LogP contribution is 2.30. The Morgan fingerprint density at radius 3 is 2.19 bits per heavy atom. The molecule has 4 amide bonds. The number of nitrogens with zero attached hydrogens (tertiary/aromatic N) is 1. The maximum atomic E-state index is 12.7. The highest BCUT2D eigenvalue weighted by Gasteiger charge is 2.58. The van der Waals surface area contributed by atoms with Crippen LogP contribution in [0, 0.1) is 0 Å². The van der Waals surface area contributed by atoms with Crippen molar-refractivity contribution in [3.05, 3.63) is 0 Å². The van der Waals surface area contributed by atoms with Gasteiger partial charge in [0.15, 0.2) is 0 Å². The Bertz CT molecular complexity index is 507. The summed E-state index contributed by atoms with van der Waals surface area (Å²) in [5.74, 6) is -3.71. The van der Waals surface area contributed by atoms with Gasteiger partial charge in [-0.2, -0.15) is 13.2 Å². The third-order valence-electron chi connectivity index (χ3n) is 3.05. The predicted molar refractivity (Wildman–Crippen MR) is 59.9 cm³/mol. The lowest BCUT2D eigenvalue weighted by atomic mass is 10.0. The van der Waals surface area contributed by atoms with Crippen LogP contribution in [0.5, 0.6) is 0 Å². The molecule has 8 nitrogen and oxygen atoms in total. The molecule has 118 valence electrons. The fourth-order valence-electron chi connectivity index (χ4n) is 1.54. The summed E-state index contributed by atoms with van der Waals surface area (Å²) in [5, 5.41) is 11.7. The van der Waals surface area contributed by atoms with Crippen LogP contribution in [0.2, 0.25) is 0 Å². The van der Waals surface area contributed by atoms with E-state index in [2.05, 4.69) is 0 Å². The summed E-state index contributed by atoms with van der Waals surface area (Å²) in [6.45, 7) is 0.267. The van der Waals surface area contributed by atoms with Crippen molar-refractivity contribution in [3.8, 4) is 0 Å². The van der Waals surface area contributed by atoms with E-state index in [1.165, 1.54) is 5.32 Å². The van der Waals surface area contributed by atoms with Gasteiger partial charge in [0.25, 0.3) is 5.91 Å². The Morgan fingerprint density at radius 2 is 1.86 bits per heavy atom. The third kappa shape index (κ3) is 3.06. The number of halogens is 3. The molecule has 1 rings (SSSR count). The van der Waals surface area contributed by atoms with Gasteiger partial charge in [-0.05, 0) is 6.92 Å². The summed E-state index contributed by atoms with van der Waals surface area (Å²) in [5.41, 5.74) is -3.52. The van der Waals surface area contributed by atoms with E-state index in [9.17, 15) is 32.3 Å². The van der Waals surface area contributed by atoms with E-state index in [0.29, 0.717) is 4.90 Å². The van der Waals surface area contributed by atoms with Gasteiger partial charge in [-0.25, -0.2) is 9.59 Å². The van der Waals surface area contributed by atoms with Crippen molar-refractivity contribution in [2.75, 3.05) is 7.05 Å². The first-order valence-corrected chi connectivity index (χ1v) is 5.59. The summed E-state index contributed by atoms with van der Waals surface area (Å²) in [6.07, 6.45) is -5.65. The summed E-state index contributed by atoms with van der Waals surface area (Å²) < 4.78 is 38.0. The molecule has 2 atom stereocenters. The number of hydrogen-bond acceptors (Lipinski definition) is 4. The molecule has 0 spiro atoms. The van der Waals surface area contributed by atoms with E-state index in [1.54, 1.807) is 0 Å². The number of carboxylic acids is 1. The number of carbonyl (C=O) groups is 4. The van der Waals surface area contributed by atoms with Gasteiger partial charge in [-0.1, -0.05) is 0 Å². The van der Waals surface area contributed by atoms with E-state index in [4.69, 9.17) is 5.11 Å². The Hall–Kier alpha value is -2.33. The van der Waals surface area contributed by atoms with Crippen LogP contribution in [0.4, 0.5) is 18.0 Å². The minimum atomic E-state index is -5.25. The van der Waals surface area contributed by atoms with Gasteiger partial charge in [0, 0.05) is 7.05 Å². The number of rotatable bonds is 3. The Morgan fingerprint density at radius 1 is 1.33 bits per heavy atom. The molecule has 0 aliphatic carbocycles. The number of carboxylic acid groups (broad SMARTS) is 1. The largest absolute Gasteiger partial charge is 0.479 e. The quantitative estimate of drug-likeness (QED) is 0.605. The molecule has 1 aliphatic rings. The number of amides is 4. The van der Waals surface area contributed by atoms with Gasteiger partial charge in [-0.15, -0.1) is 0 Å². The van der Waals surface area contributed by atoms with E-state index in [1.807, 2.05) is 5.32 Å². The second-order valence-corrected chi connectivity index (χ2v) is 4.57. The summed E-state index contributed by atoms with van der Waals surface area (Å²) in [7, 11) is 1.15. The van der Waals surface area contributed by atoms with Crippen molar-refractivity contribution >= 4 is 23.8 Å². The molecule has 1 aliphatic heterocycles. The number of hydrogen-bond donors (Lipinski definition) is 3. The minimum absolute atomic E-state index is 0.267. The molecule has 21 heavy (non-hydrogen) atoms. The molecule has 0 aromatic heterocycles. The van der Waals surface area contributed by atoms with Crippen molar-refractivity contribution in [1.29, 1.82) is 0 Å². The lowest BCUT2D eigenvalue weighted by Crippen LogP contribution is -2.64. The van der Waals surface area contributed by atoms with Crippen molar-refractivity contribution in [2.24, 2.45) is 0 Å². The van der Waals surface area contributed by atoms with Crippen LogP contribution in [0.1, 0.15) is 13.3 Å². The first-order valence-electron chi connectivity index (χ1n) is 5.59. The maximum Gasteiger partial charge on any atom is 0.422 e. The molecule has 0 radical (unpaired) electrons. The van der Waals surface area contributed by atoms with Crippen LogP contribution in [-0.2, 0) is 14.4 Å². The van der Waals surface area contributed by atoms with Crippen molar-refractivity contribution in [1.82, 2.24) is 15.5 Å². The number of aliphatic carboxylic acids is 1. The smallest absolute Gasteiger partial charge is 0.422 e. The number of carbonyl (C=O) groups excluding carboxylic acids is 3. The molecule has 0 aromatic rings. The van der Waals surface area contributed by atoms with Gasteiger partial charge in [0.05, 0.1) is 6.42 Å². The highest BCUT2D eigenvalue weighted by atomic mass is 19.4. The Balaban J connectivity index is 2.80. The number of urea groups is 1. The average molecular weight is 311 g/mol. The monoisotopic (exact) mass is 311 g/mol. The number of alkyl halides is 3. The molecular formula is C10H12F3N3O5. The molecule has 1 heterocycles. The standard InChI is InChI=1S/C10H12F3N3O5/c1-9(7(19)20,10(11,12)13)15-8(21)14-4-3-5(17)16(2)6(4)18/h4H,3H2,1-2H3,(H,19,20)(H2,14,15,21). The second-order valence-electron chi connectivity index (χ2n) is 4.57. The van der Waals surface area contributed by atoms with Gasteiger partial charge in [-0.3, -0.25) is 14.5 Å². The van der Waals surface area contributed by atoms with Crippen molar-refractivity contribution in [2.45, 2.75) is 31.1 Å². The fourth-order valence-corrected chi connectivity index (χ4v) is 1.54. The van der Waals surface area contributed by atoms with E-state index >= 15 is 0 Å².